The maximum Gasteiger partial charge on any atom is 0.412 e. The van der Waals surface area contributed by atoms with Crippen LogP contribution in [0.3, 0.4) is 0 Å². The molecule has 0 saturated carbocycles. The first kappa shape index (κ1) is 25.0. The number of rotatable bonds is 8. The maximum atomic E-state index is 12.6. The number of amides is 1. The molecule has 0 aliphatic heterocycles. The van der Waals surface area contributed by atoms with E-state index in [2.05, 4.69) is 10.5 Å². The number of carboxylic acids is 1. The fraction of sp³-hybridized carbons (Fsp3) is 0.179. The number of halogens is 1. The van der Waals surface area contributed by atoms with Crippen molar-refractivity contribution in [2.45, 2.75) is 32.8 Å². The van der Waals surface area contributed by atoms with E-state index in [1.165, 1.54) is 0 Å². The number of nitrogens with zero attached hydrogens (tertiary/aromatic N) is 1. The van der Waals surface area contributed by atoms with E-state index >= 15 is 0 Å². The molecule has 1 amide bonds. The number of hydrogen-bond acceptors (Lipinski definition) is 5. The number of carbonyl (C=O) groups is 2. The van der Waals surface area contributed by atoms with Crippen LogP contribution in [0.25, 0.3) is 11.3 Å². The summed E-state index contributed by atoms with van der Waals surface area (Å²) in [5.74, 6) is -0.418. The number of aryl methyl sites for hydroxylation is 1. The summed E-state index contributed by atoms with van der Waals surface area (Å²) in [6.07, 6.45) is -0.627. The van der Waals surface area contributed by atoms with E-state index < -0.39 is 18.2 Å². The lowest BCUT2D eigenvalue weighted by Gasteiger charge is -2.15. The normalized spacial score (nSPS) is 11.6. The molecule has 1 atom stereocenters. The molecule has 184 valence electrons. The summed E-state index contributed by atoms with van der Waals surface area (Å²) in [5, 5.41) is 16.5. The molecule has 0 saturated heterocycles. The van der Waals surface area contributed by atoms with Gasteiger partial charge in [-0.05, 0) is 43.0 Å². The Kier molecular flexibility index (Phi) is 7.71. The first-order chi connectivity index (χ1) is 17.3. The lowest BCUT2D eigenvalue weighted by molar-refractivity contribution is -0.136. The van der Waals surface area contributed by atoms with Crippen LogP contribution in [-0.2, 0) is 22.4 Å². The van der Waals surface area contributed by atoms with Crippen molar-refractivity contribution in [3.8, 4) is 11.3 Å². The highest BCUT2D eigenvalue weighted by Gasteiger charge is 2.20. The van der Waals surface area contributed by atoms with Crippen LogP contribution in [0.4, 0.5) is 10.5 Å². The van der Waals surface area contributed by atoms with Gasteiger partial charge in [-0.1, -0.05) is 83.5 Å². The first-order valence-electron chi connectivity index (χ1n) is 11.4. The van der Waals surface area contributed by atoms with Gasteiger partial charge in [-0.15, -0.1) is 0 Å². The second kappa shape index (κ2) is 11.1. The van der Waals surface area contributed by atoms with E-state index in [1.54, 1.807) is 26.0 Å². The number of carboxylic acid groups (broad SMARTS) is 1. The van der Waals surface area contributed by atoms with E-state index in [0.717, 1.165) is 22.3 Å². The largest absolute Gasteiger partial charge is 0.481 e. The molecule has 3 aromatic carbocycles. The van der Waals surface area contributed by atoms with Crippen LogP contribution in [-0.4, -0.2) is 22.3 Å². The van der Waals surface area contributed by atoms with Gasteiger partial charge in [0, 0.05) is 16.1 Å². The second-order valence-corrected chi connectivity index (χ2v) is 8.78. The molecular formula is C28H25ClN2O5. The summed E-state index contributed by atoms with van der Waals surface area (Å²) in [7, 11) is 0. The van der Waals surface area contributed by atoms with Crippen molar-refractivity contribution in [2.24, 2.45) is 0 Å². The highest BCUT2D eigenvalue weighted by atomic mass is 35.5. The van der Waals surface area contributed by atoms with Gasteiger partial charge < -0.3 is 14.4 Å². The minimum Gasteiger partial charge on any atom is -0.481 e. The number of nitrogens with one attached hydrogen (secondary N) is 1. The SMILES string of the molecule is Cc1onc(-c2ccc(Cc3ccccc3CC(=O)O)cc2)c1NC(=O)OC(C)c1ccccc1Cl. The molecule has 0 spiro atoms. The first-order valence-corrected chi connectivity index (χ1v) is 11.8. The van der Waals surface area contributed by atoms with Crippen molar-refractivity contribution < 1.29 is 24.0 Å². The summed E-state index contributed by atoms with van der Waals surface area (Å²) < 4.78 is 10.9. The number of ether oxygens (including phenoxy) is 1. The topological polar surface area (TPSA) is 102 Å². The molecule has 0 bridgehead atoms. The number of anilines is 1. The molecule has 4 rings (SSSR count). The van der Waals surface area contributed by atoms with Crippen LogP contribution in [0.5, 0.6) is 0 Å². The summed E-state index contributed by atoms with van der Waals surface area (Å²) >= 11 is 6.21. The van der Waals surface area contributed by atoms with Crippen LogP contribution < -0.4 is 5.32 Å². The van der Waals surface area contributed by atoms with Crippen molar-refractivity contribution in [1.29, 1.82) is 0 Å². The van der Waals surface area contributed by atoms with Crippen molar-refractivity contribution in [1.82, 2.24) is 5.16 Å². The Morgan fingerprint density at radius 1 is 1.03 bits per heavy atom. The minimum absolute atomic E-state index is 0.0211. The Morgan fingerprint density at radius 2 is 1.69 bits per heavy atom. The molecule has 8 heteroatoms. The van der Waals surface area contributed by atoms with Crippen LogP contribution in [0.2, 0.25) is 5.02 Å². The Balaban J connectivity index is 1.48. The Morgan fingerprint density at radius 3 is 2.39 bits per heavy atom. The molecular weight excluding hydrogens is 480 g/mol. The molecule has 36 heavy (non-hydrogen) atoms. The molecule has 0 fully saturated rings. The summed E-state index contributed by atoms with van der Waals surface area (Å²) in [5.41, 5.74) is 5.12. The van der Waals surface area contributed by atoms with Crippen LogP contribution >= 0.6 is 11.6 Å². The van der Waals surface area contributed by atoms with E-state index in [0.29, 0.717) is 34.1 Å². The van der Waals surface area contributed by atoms with Crippen molar-refractivity contribution in [3.05, 3.63) is 106 Å². The maximum absolute atomic E-state index is 12.6. The molecule has 0 aliphatic rings. The van der Waals surface area contributed by atoms with E-state index in [9.17, 15) is 9.59 Å². The summed E-state index contributed by atoms with van der Waals surface area (Å²) in [4.78, 5) is 23.8. The molecule has 1 heterocycles. The summed E-state index contributed by atoms with van der Waals surface area (Å²) in [6.45, 7) is 3.45. The Hall–Kier alpha value is -4.10. The fourth-order valence-electron chi connectivity index (χ4n) is 3.94. The van der Waals surface area contributed by atoms with E-state index in [-0.39, 0.29) is 6.42 Å². The average molecular weight is 505 g/mol. The third-order valence-corrected chi connectivity index (χ3v) is 6.14. The van der Waals surface area contributed by atoms with Crippen LogP contribution in [0.1, 0.15) is 41.0 Å². The summed E-state index contributed by atoms with van der Waals surface area (Å²) in [6, 6.07) is 22.3. The van der Waals surface area contributed by atoms with E-state index in [1.807, 2.05) is 60.7 Å². The number of aliphatic carboxylic acids is 1. The molecule has 0 radical (unpaired) electrons. The van der Waals surface area contributed by atoms with Gasteiger partial charge in [-0.25, -0.2) is 4.79 Å². The van der Waals surface area contributed by atoms with Gasteiger partial charge in [0.2, 0.25) is 0 Å². The molecule has 1 unspecified atom stereocenters. The third kappa shape index (κ3) is 5.93. The zero-order chi connectivity index (χ0) is 25.7. The highest BCUT2D eigenvalue weighted by Crippen LogP contribution is 2.32. The fourth-order valence-corrected chi connectivity index (χ4v) is 4.23. The van der Waals surface area contributed by atoms with Crippen molar-refractivity contribution in [2.75, 3.05) is 5.32 Å². The molecule has 0 aliphatic carbocycles. The molecule has 7 nitrogen and oxygen atoms in total. The van der Waals surface area contributed by atoms with Gasteiger partial charge in [0.1, 0.15) is 17.5 Å². The average Bonchev–Trinajstić information content (AvgIpc) is 3.20. The predicted octanol–water partition coefficient (Wildman–Crippen LogP) is 6.83. The van der Waals surface area contributed by atoms with Gasteiger partial charge in [-0.3, -0.25) is 10.1 Å². The van der Waals surface area contributed by atoms with Crippen LogP contribution in [0.15, 0.2) is 77.3 Å². The molecule has 4 aromatic rings. The minimum atomic E-state index is -0.862. The lowest BCUT2D eigenvalue weighted by atomic mass is 9.97. The van der Waals surface area contributed by atoms with Crippen LogP contribution in [0, 0.1) is 6.92 Å². The Labute approximate surface area is 213 Å². The van der Waals surface area contributed by atoms with Gasteiger partial charge in [0.25, 0.3) is 0 Å². The third-order valence-electron chi connectivity index (χ3n) is 5.80. The Bertz CT molecular complexity index is 1380. The molecule has 2 N–H and O–H groups in total. The number of benzene rings is 3. The van der Waals surface area contributed by atoms with Gasteiger partial charge in [-0.2, -0.15) is 0 Å². The van der Waals surface area contributed by atoms with Crippen molar-refractivity contribution >= 4 is 29.4 Å². The number of carbonyl (C=O) groups excluding carboxylic acids is 1. The lowest BCUT2D eigenvalue weighted by Crippen LogP contribution is -2.17. The van der Waals surface area contributed by atoms with Gasteiger partial charge in [0.05, 0.1) is 6.42 Å². The zero-order valence-corrected chi connectivity index (χ0v) is 20.6. The predicted molar refractivity (Wildman–Crippen MR) is 137 cm³/mol. The number of aromatic nitrogens is 1. The number of hydrogen-bond donors (Lipinski definition) is 2. The monoisotopic (exact) mass is 504 g/mol. The smallest absolute Gasteiger partial charge is 0.412 e. The quantitative estimate of drug-likeness (QED) is 0.272. The van der Waals surface area contributed by atoms with Gasteiger partial charge >= 0.3 is 12.1 Å². The van der Waals surface area contributed by atoms with Crippen molar-refractivity contribution in [3.63, 3.8) is 0 Å². The standard InChI is InChI=1S/C28H25ClN2O5/c1-17(23-9-5-6-10-24(23)29)35-28(34)30-26-18(2)36-31-27(26)20-13-11-19(12-14-20)15-21-7-3-4-8-22(21)16-25(32)33/h3-14,17H,15-16H2,1-2H3,(H,30,34)(H,32,33). The van der Waals surface area contributed by atoms with Gasteiger partial charge in [0.15, 0.2) is 5.76 Å². The second-order valence-electron chi connectivity index (χ2n) is 8.37. The van der Waals surface area contributed by atoms with E-state index in [4.69, 9.17) is 26.0 Å². The zero-order valence-electron chi connectivity index (χ0n) is 19.8. The molecule has 1 aromatic heterocycles. The highest BCUT2D eigenvalue weighted by molar-refractivity contribution is 6.31.